The van der Waals surface area contributed by atoms with Gasteiger partial charge in [0.2, 0.25) is 0 Å². The number of likely N-dealkylation sites (N-methyl/N-ethyl adjacent to an activating group) is 1. The van der Waals surface area contributed by atoms with Crippen LogP contribution in [0.4, 0.5) is 0 Å². The highest BCUT2D eigenvalue weighted by Gasteiger charge is 2.35. The second-order valence-electron chi connectivity index (χ2n) is 11.5. The van der Waals surface area contributed by atoms with E-state index in [1.807, 2.05) is 28.8 Å². The molecule has 1 unspecified atom stereocenters. The third-order valence-electron chi connectivity index (χ3n) is 8.31. The van der Waals surface area contributed by atoms with Gasteiger partial charge in [-0.15, -0.1) is 0 Å². The second kappa shape index (κ2) is 12.5. The minimum atomic E-state index is -0.0817. The molecule has 0 saturated carbocycles. The molecule has 0 aliphatic carbocycles. The molecule has 41 heavy (non-hydrogen) atoms. The van der Waals surface area contributed by atoms with Crippen LogP contribution in [-0.4, -0.2) is 60.3 Å². The maximum atomic E-state index is 14.3. The van der Waals surface area contributed by atoms with Crippen LogP contribution in [-0.2, 0) is 6.54 Å². The first kappa shape index (κ1) is 28.8. The molecule has 4 aromatic rings. The molecule has 0 radical (unpaired) electrons. The molecule has 7 heteroatoms. The van der Waals surface area contributed by atoms with Crippen molar-refractivity contribution in [1.29, 1.82) is 0 Å². The van der Waals surface area contributed by atoms with Gasteiger partial charge in [-0.2, -0.15) is 0 Å². The third-order valence-corrected chi connectivity index (χ3v) is 8.31. The van der Waals surface area contributed by atoms with Crippen LogP contribution >= 0.6 is 0 Å². The summed E-state index contributed by atoms with van der Waals surface area (Å²) in [7, 11) is 5.39. The molecular weight excluding hydrogens is 512 g/mol. The third kappa shape index (κ3) is 6.02. The second-order valence-corrected chi connectivity index (χ2v) is 11.5. The lowest BCUT2D eigenvalue weighted by molar-refractivity contribution is 0.0963. The molecule has 0 spiro atoms. The lowest BCUT2D eigenvalue weighted by Crippen LogP contribution is -2.41. The van der Waals surface area contributed by atoms with Crippen LogP contribution in [0.3, 0.4) is 0 Å². The summed E-state index contributed by atoms with van der Waals surface area (Å²) in [5.41, 5.74) is 4.17. The molecule has 2 atom stereocenters. The summed E-state index contributed by atoms with van der Waals surface area (Å²) in [5.74, 6) is 2.08. The highest BCUT2D eigenvalue weighted by Crippen LogP contribution is 2.39. The lowest BCUT2D eigenvalue weighted by Gasteiger charge is -2.39. The first-order chi connectivity index (χ1) is 19.8. The maximum absolute atomic E-state index is 14.3. The van der Waals surface area contributed by atoms with Crippen molar-refractivity contribution >= 4 is 10.9 Å². The average molecular weight is 555 g/mol. The zero-order valence-corrected chi connectivity index (χ0v) is 25.1. The summed E-state index contributed by atoms with van der Waals surface area (Å²) < 4.78 is 13.0. The monoisotopic (exact) mass is 554 g/mol. The first-order valence-corrected chi connectivity index (χ1v) is 14.5. The van der Waals surface area contributed by atoms with Crippen LogP contribution in [0.25, 0.3) is 10.9 Å². The molecule has 2 heterocycles. The van der Waals surface area contributed by atoms with E-state index in [-0.39, 0.29) is 23.6 Å². The molecule has 7 nitrogen and oxygen atoms in total. The van der Waals surface area contributed by atoms with Crippen LogP contribution in [0, 0.1) is 12.8 Å². The average Bonchev–Trinajstić information content (AvgIpc) is 3.16. The molecule has 5 rings (SSSR count). The Hall–Kier alpha value is -3.68. The number of hydrogen-bond acceptors (Lipinski definition) is 6. The Labute approximate surface area is 243 Å². The minimum Gasteiger partial charge on any atom is -0.493 e. The van der Waals surface area contributed by atoms with E-state index in [4.69, 9.17) is 14.5 Å². The fourth-order valence-corrected chi connectivity index (χ4v) is 6.08. The maximum Gasteiger partial charge on any atom is 0.261 e. The summed E-state index contributed by atoms with van der Waals surface area (Å²) in [6.07, 6.45) is 1.00. The topological polar surface area (TPSA) is 59.8 Å². The summed E-state index contributed by atoms with van der Waals surface area (Å²) in [5, 5.41) is 0.524. The highest BCUT2D eigenvalue weighted by atomic mass is 16.5. The molecule has 1 saturated heterocycles. The van der Waals surface area contributed by atoms with Gasteiger partial charge in [0.1, 0.15) is 5.82 Å². The Morgan fingerprint density at radius 2 is 1.61 bits per heavy atom. The number of rotatable bonds is 8. The molecule has 0 N–H and O–H groups in total. The standard InChI is InChI=1S/C34H42N4O3/c1-23(2)32(37-19-18-36(4)17-16-29(37)26-14-12-24(3)13-15-26)33-35-28-21-31(41-6)30(40-5)20-27(28)34(39)38(33)22-25-10-8-7-9-11-25/h7-15,20-21,23,29,32H,16-19,22H2,1-6H3/t29?,32-/m1/s1. The molecule has 216 valence electrons. The molecule has 0 amide bonds. The van der Waals surface area contributed by atoms with Crippen molar-refractivity contribution in [3.05, 3.63) is 99.6 Å². The van der Waals surface area contributed by atoms with Gasteiger partial charge in [-0.25, -0.2) is 4.98 Å². The van der Waals surface area contributed by atoms with E-state index in [9.17, 15) is 4.79 Å². The number of methoxy groups -OCH3 is 2. The number of aromatic nitrogens is 2. The number of aryl methyl sites for hydroxylation is 1. The van der Waals surface area contributed by atoms with E-state index in [2.05, 4.69) is 74.0 Å². The number of hydrogen-bond donors (Lipinski definition) is 0. The van der Waals surface area contributed by atoms with Crippen LogP contribution < -0.4 is 15.0 Å². The molecule has 1 fully saturated rings. The Bertz CT molecular complexity index is 1530. The number of fused-ring (bicyclic) bond motifs is 1. The number of nitrogens with zero attached hydrogens (tertiary/aromatic N) is 4. The van der Waals surface area contributed by atoms with Crippen molar-refractivity contribution in [2.24, 2.45) is 5.92 Å². The van der Waals surface area contributed by atoms with E-state index in [0.717, 1.165) is 37.4 Å². The van der Waals surface area contributed by atoms with Crippen LogP contribution in [0.15, 0.2) is 71.5 Å². The van der Waals surface area contributed by atoms with E-state index in [1.165, 1.54) is 11.1 Å². The van der Waals surface area contributed by atoms with Crippen LogP contribution in [0.5, 0.6) is 11.5 Å². The van der Waals surface area contributed by atoms with Gasteiger partial charge in [-0.3, -0.25) is 14.3 Å². The number of ether oxygens (including phenoxy) is 2. The molecule has 3 aromatic carbocycles. The minimum absolute atomic E-state index is 0.0701. The fourth-order valence-electron chi connectivity index (χ4n) is 6.08. The zero-order chi connectivity index (χ0) is 29.1. The van der Waals surface area contributed by atoms with E-state index < -0.39 is 0 Å². The van der Waals surface area contributed by atoms with Gasteiger partial charge in [-0.05, 0) is 50.0 Å². The van der Waals surface area contributed by atoms with E-state index >= 15 is 0 Å². The molecule has 1 aromatic heterocycles. The number of benzene rings is 3. The molecule has 1 aliphatic heterocycles. The summed E-state index contributed by atoms with van der Waals surface area (Å²) in [6.45, 7) is 9.89. The normalized spacial score (nSPS) is 17.5. The van der Waals surface area contributed by atoms with Crippen molar-refractivity contribution < 1.29 is 9.47 Å². The SMILES string of the molecule is COc1cc2nc([C@@H](C(C)C)N3CCN(C)CCC3c3ccc(C)cc3)n(Cc3ccccc3)c(=O)c2cc1OC. The summed E-state index contributed by atoms with van der Waals surface area (Å²) >= 11 is 0. The summed E-state index contributed by atoms with van der Waals surface area (Å²) in [4.78, 5) is 24.6. The molecular formula is C34H42N4O3. The Kier molecular flexibility index (Phi) is 8.76. The van der Waals surface area contributed by atoms with Crippen molar-refractivity contribution in [2.75, 3.05) is 40.9 Å². The quantitative estimate of drug-likeness (QED) is 0.273. The van der Waals surface area contributed by atoms with Crippen molar-refractivity contribution in [1.82, 2.24) is 19.4 Å². The Balaban J connectivity index is 1.74. The predicted octanol–water partition coefficient (Wildman–Crippen LogP) is 5.85. The van der Waals surface area contributed by atoms with Gasteiger partial charge < -0.3 is 14.4 Å². The predicted molar refractivity (Wildman–Crippen MR) is 165 cm³/mol. The Morgan fingerprint density at radius 3 is 2.27 bits per heavy atom. The lowest BCUT2D eigenvalue weighted by atomic mass is 9.94. The highest BCUT2D eigenvalue weighted by molar-refractivity contribution is 5.82. The summed E-state index contributed by atoms with van der Waals surface area (Å²) in [6, 6.07) is 22.8. The van der Waals surface area contributed by atoms with E-state index in [1.54, 1.807) is 20.3 Å². The van der Waals surface area contributed by atoms with Gasteiger partial charge in [0, 0.05) is 25.2 Å². The van der Waals surface area contributed by atoms with Gasteiger partial charge in [-0.1, -0.05) is 74.0 Å². The van der Waals surface area contributed by atoms with Gasteiger partial charge in [0.05, 0.1) is 37.7 Å². The van der Waals surface area contributed by atoms with Gasteiger partial charge in [0.15, 0.2) is 11.5 Å². The molecule has 1 aliphatic rings. The Morgan fingerprint density at radius 1 is 0.927 bits per heavy atom. The van der Waals surface area contributed by atoms with Crippen LogP contribution in [0.2, 0.25) is 0 Å². The van der Waals surface area contributed by atoms with Gasteiger partial charge in [0.25, 0.3) is 5.56 Å². The van der Waals surface area contributed by atoms with Crippen molar-refractivity contribution in [2.45, 2.75) is 45.8 Å². The van der Waals surface area contributed by atoms with Crippen LogP contribution in [0.1, 0.15) is 54.9 Å². The first-order valence-electron chi connectivity index (χ1n) is 14.5. The van der Waals surface area contributed by atoms with Crippen molar-refractivity contribution in [3.8, 4) is 11.5 Å². The van der Waals surface area contributed by atoms with Gasteiger partial charge >= 0.3 is 0 Å². The van der Waals surface area contributed by atoms with E-state index in [0.29, 0.717) is 28.9 Å². The smallest absolute Gasteiger partial charge is 0.261 e. The van der Waals surface area contributed by atoms with Crippen molar-refractivity contribution in [3.63, 3.8) is 0 Å². The zero-order valence-electron chi connectivity index (χ0n) is 25.1. The molecule has 0 bridgehead atoms. The fraction of sp³-hybridized carbons (Fsp3) is 0.412. The largest absolute Gasteiger partial charge is 0.493 e.